The zero-order valence-corrected chi connectivity index (χ0v) is 13.1. The van der Waals surface area contributed by atoms with Crippen LogP contribution in [0.15, 0.2) is 6.20 Å². The summed E-state index contributed by atoms with van der Waals surface area (Å²) in [6.45, 7) is 14.4. The molecule has 0 aliphatic heterocycles. The normalized spacial score (nSPS) is 11.8. The summed E-state index contributed by atoms with van der Waals surface area (Å²) in [5.74, 6) is 0.984. The van der Waals surface area contributed by atoms with Gasteiger partial charge < -0.3 is 14.6 Å². The van der Waals surface area contributed by atoms with E-state index >= 15 is 0 Å². The van der Waals surface area contributed by atoms with E-state index in [0.717, 1.165) is 50.8 Å². The number of aryl methyl sites for hydroxylation is 2. The van der Waals surface area contributed by atoms with Crippen LogP contribution >= 0.6 is 0 Å². The lowest BCUT2D eigenvalue weighted by Crippen LogP contribution is -2.15. The Balaban J connectivity index is 2.43. The van der Waals surface area contributed by atoms with Gasteiger partial charge in [-0.3, -0.25) is 0 Å². The summed E-state index contributed by atoms with van der Waals surface area (Å²) in [6, 6.07) is 0. The average Bonchev–Trinajstić information content (AvgIpc) is 2.64. The predicted octanol–water partition coefficient (Wildman–Crippen LogP) is 3.47. The second-order valence-corrected chi connectivity index (χ2v) is 6.19. The third kappa shape index (κ3) is 6.62. The van der Waals surface area contributed by atoms with E-state index in [1.807, 2.05) is 13.8 Å². The van der Waals surface area contributed by atoms with Crippen molar-refractivity contribution in [2.24, 2.45) is 5.41 Å². The van der Waals surface area contributed by atoms with Gasteiger partial charge in [0.05, 0.1) is 5.69 Å². The first-order valence-electron chi connectivity index (χ1n) is 7.28. The number of rotatable bonds is 8. The molecule has 1 aromatic heterocycles. The minimum atomic E-state index is 0.356. The van der Waals surface area contributed by atoms with Crippen LogP contribution in [-0.2, 0) is 11.3 Å². The Hall–Kier alpha value is -1.03. The summed E-state index contributed by atoms with van der Waals surface area (Å²) in [4.78, 5) is 4.54. The van der Waals surface area contributed by atoms with Crippen molar-refractivity contribution < 1.29 is 4.74 Å². The van der Waals surface area contributed by atoms with Gasteiger partial charge in [0.15, 0.2) is 0 Å². The van der Waals surface area contributed by atoms with Crippen molar-refractivity contribution in [2.45, 2.75) is 54.0 Å². The molecule has 110 valence electrons. The summed E-state index contributed by atoms with van der Waals surface area (Å²) in [7, 11) is 0. The smallest absolute Gasteiger partial charge is 0.203 e. The van der Waals surface area contributed by atoms with Crippen LogP contribution in [0, 0.1) is 12.3 Å². The van der Waals surface area contributed by atoms with Crippen molar-refractivity contribution in [3.05, 3.63) is 11.9 Å². The first-order chi connectivity index (χ1) is 8.92. The van der Waals surface area contributed by atoms with Gasteiger partial charge in [0.2, 0.25) is 5.95 Å². The van der Waals surface area contributed by atoms with Crippen molar-refractivity contribution in [1.29, 1.82) is 0 Å². The highest BCUT2D eigenvalue weighted by Crippen LogP contribution is 2.18. The van der Waals surface area contributed by atoms with Crippen molar-refractivity contribution in [1.82, 2.24) is 9.55 Å². The number of hydrogen-bond acceptors (Lipinski definition) is 3. The molecule has 1 N–H and O–H groups in total. The number of ether oxygens (including phenoxy) is 1. The molecule has 0 aromatic carbocycles. The second-order valence-electron chi connectivity index (χ2n) is 6.19. The Morgan fingerprint density at radius 2 is 2.11 bits per heavy atom. The van der Waals surface area contributed by atoms with E-state index in [1.54, 1.807) is 0 Å². The highest BCUT2D eigenvalue weighted by atomic mass is 16.5. The Bertz CT molecular complexity index is 366. The third-order valence-electron chi connectivity index (χ3n) is 2.95. The number of hydrogen-bond donors (Lipinski definition) is 1. The molecule has 4 heteroatoms. The molecule has 0 radical (unpaired) electrons. The molecular weight excluding hydrogens is 238 g/mol. The molecule has 0 bridgehead atoms. The highest BCUT2D eigenvalue weighted by molar-refractivity contribution is 5.28. The molecule has 0 aliphatic rings. The predicted molar refractivity (Wildman–Crippen MR) is 80.6 cm³/mol. The fraction of sp³-hybridized carbons (Fsp3) is 0.800. The van der Waals surface area contributed by atoms with Gasteiger partial charge in [-0.1, -0.05) is 20.8 Å². The summed E-state index contributed by atoms with van der Waals surface area (Å²) in [5, 5.41) is 3.44. The van der Waals surface area contributed by atoms with Gasteiger partial charge in [0, 0.05) is 32.5 Å². The molecule has 0 saturated carbocycles. The quantitative estimate of drug-likeness (QED) is 0.733. The van der Waals surface area contributed by atoms with Crippen molar-refractivity contribution in [2.75, 3.05) is 25.1 Å². The van der Waals surface area contributed by atoms with Crippen LogP contribution in [0.5, 0.6) is 0 Å². The van der Waals surface area contributed by atoms with E-state index in [9.17, 15) is 0 Å². The number of anilines is 1. The molecule has 19 heavy (non-hydrogen) atoms. The maximum atomic E-state index is 5.37. The summed E-state index contributed by atoms with van der Waals surface area (Å²) in [6.07, 6.45) is 4.26. The van der Waals surface area contributed by atoms with Gasteiger partial charge in [-0.05, 0) is 32.1 Å². The van der Waals surface area contributed by atoms with E-state index in [1.165, 1.54) is 0 Å². The van der Waals surface area contributed by atoms with E-state index < -0.39 is 0 Å². The highest BCUT2D eigenvalue weighted by Gasteiger charge is 2.11. The van der Waals surface area contributed by atoms with E-state index in [2.05, 4.69) is 41.8 Å². The number of nitrogens with zero attached hydrogens (tertiary/aromatic N) is 2. The van der Waals surface area contributed by atoms with Crippen LogP contribution in [0.3, 0.4) is 0 Å². The topological polar surface area (TPSA) is 39.1 Å². The van der Waals surface area contributed by atoms with Crippen molar-refractivity contribution in [3.8, 4) is 0 Å². The second kappa shape index (κ2) is 7.53. The largest absolute Gasteiger partial charge is 0.382 e. The third-order valence-corrected chi connectivity index (χ3v) is 2.95. The van der Waals surface area contributed by atoms with Gasteiger partial charge >= 0.3 is 0 Å². The average molecular weight is 267 g/mol. The molecule has 0 aliphatic carbocycles. The fourth-order valence-corrected chi connectivity index (χ4v) is 1.89. The lowest BCUT2D eigenvalue weighted by atomic mass is 9.92. The Labute approximate surface area is 117 Å². The molecule has 1 aromatic rings. The van der Waals surface area contributed by atoms with Gasteiger partial charge in [0.1, 0.15) is 0 Å². The molecule has 1 rings (SSSR count). The van der Waals surface area contributed by atoms with Gasteiger partial charge in [-0.2, -0.15) is 0 Å². The molecule has 4 nitrogen and oxygen atoms in total. The molecule has 0 saturated heterocycles. The monoisotopic (exact) mass is 267 g/mol. The van der Waals surface area contributed by atoms with Crippen molar-refractivity contribution in [3.63, 3.8) is 0 Å². The first kappa shape index (κ1) is 16.0. The van der Waals surface area contributed by atoms with E-state index in [4.69, 9.17) is 4.74 Å². The number of imidazole rings is 1. The molecule has 0 spiro atoms. The minimum Gasteiger partial charge on any atom is -0.382 e. The van der Waals surface area contributed by atoms with Crippen molar-refractivity contribution >= 4 is 5.95 Å². The minimum absolute atomic E-state index is 0.356. The van der Waals surface area contributed by atoms with Gasteiger partial charge in [-0.15, -0.1) is 0 Å². The van der Waals surface area contributed by atoms with Crippen LogP contribution in [0.4, 0.5) is 5.95 Å². The lowest BCUT2D eigenvalue weighted by Gasteiger charge is -2.18. The molecule has 1 heterocycles. The molecule has 0 unspecified atom stereocenters. The van der Waals surface area contributed by atoms with Crippen LogP contribution in [0.25, 0.3) is 0 Å². The number of nitrogens with one attached hydrogen (secondary N) is 1. The lowest BCUT2D eigenvalue weighted by molar-refractivity contribution is 0.142. The van der Waals surface area contributed by atoms with Gasteiger partial charge in [0.25, 0.3) is 0 Å². The molecule has 0 fully saturated rings. The maximum Gasteiger partial charge on any atom is 0.203 e. The standard InChI is InChI=1S/C15H29N3O/c1-6-19-11-7-10-18-12-13(2)17-14(18)16-9-8-15(3,4)5/h12H,6-11H2,1-5H3,(H,16,17). The van der Waals surface area contributed by atoms with Crippen LogP contribution in [-0.4, -0.2) is 29.3 Å². The summed E-state index contributed by atoms with van der Waals surface area (Å²) < 4.78 is 7.57. The number of aromatic nitrogens is 2. The summed E-state index contributed by atoms with van der Waals surface area (Å²) in [5.41, 5.74) is 1.42. The fourth-order valence-electron chi connectivity index (χ4n) is 1.89. The Morgan fingerprint density at radius 1 is 1.37 bits per heavy atom. The van der Waals surface area contributed by atoms with Crippen LogP contribution in [0.1, 0.15) is 46.2 Å². The Kier molecular flexibility index (Phi) is 6.35. The van der Waals surface area contributed by atoms with Crippen LogP contribution < -0.4 is 5.32 Å². The molecular formula is C15H29N3O. The molecule has 0 atom stereocenters. The van der Waals surface area contributed by atoms with Gasteiger partial charge in [-0.25, -0.2) is 4.98 Å². The maximum absolute atomic E-state index is 5.37. The SMILES string of the molecule is CCOCCCn1cc(C)nc1NCCC(C)(C)C. The zero-order chi connectivity index (χ0) is 14.3. The first-order valence-corrected chi connectivity index (χ1v) is 7.28. The zero-order valence-electron chi connectivity index (χ0n) is 13.1. The molecule has 0 amide bonds. The Morgan fingerprint density at radius 3 is 2.74 bits per heavy atom. The summed E-state index contributed by atoms with van der Waals surface area (Å²) >= 11 is 0. The van der Waals surface area contributed by atoms with Crippen LogP contribution in [0.2, 0.25) is 0 Å². The van der Waals surface area contributed by atoms with E-state index in [-0.39, 0.29) is 0 Å². The van der Waals surface area contributed by atoms with E-state index in [0.29, 0.717) is 5.41 Å².